The molecule has 0 unspecified atom stereocenters. The molecule has 2 aliphatic carbocycles. The van der Waals surface area contributed by atoms with Crippen LogP contribution in [0.25, 0.3) is 59.4 Å². The molecule has 0 N–H and O–H groups in total. The SMILES string of the molecule is [C-]#[N+]c1ccc(N(c2ccccc2)c2ccc3c4c(c5ccccc5c3c2)-c2cc(N(c3ccccc3)c3ccc(C#N)cc3)c3ccccc3c2C42c3ccccc3-c3ccccc32)cc1. The van der Waals surface area contributed by atoms with Gasteiger partial charge in [-0.25, -0.2) is 4.85 Å². The van der Waals surface area contributed by atoms with Crippen LogP contribution in [0.15, 0.2) is 231 Å². The van der Waals surface area contributed by atoms with E-state index >= 15 is 0 Å². The highest BCUT2D eigenvalue weighted by atomic mass is 15.1. The average Bonchev–Trinajstić information content (AvgIpc) is 3.88. The molecule has 0 heterocycles. The van der Waals surface area contributed by atoms with Gasteiger partial charge in [0.05, 0.1) is 29.3 Å². The highest BCUT2D eigenvalue weighted by molar-refractivity contribution is 6.23. The summed E-state index contributed by atoms with van der Waals surface area (Å²) in [5.74, 6) is 0. The van der Waals surface area contributed by atoms with Crippen LogP contribution < -0.4 is 9.80 Å². The zero-order valence-corrected chi connectivity index (χ0v) is 36.2. The van der Waals surface area contributed by atoms with Crippen LogP contribution in [0.2, 0.25) is 0 Å². The Morgan fingerprint density at radius 3 is 1.52 bits per heavy atom. The molecule has 0 radical (unpaired) electrons. The standard InChI is InChI=1S/C63H38N4/c1-65-42-30-34-45(35-31-42)66(43-16-4-2-5-17-43)47-36-37-54-55(38-47)48-20-8-10-24-52(48)60-56-39-59(67(44-18-6-3-7-19-44)46-32-28-41(40-64)29-33-46)51-23-9-11-25-53(51)61(56)63(62(54)60)57-26-14-12-21-49(57)50-22-13-15-27-58(50)63/h2-39H. The molecule has 1 spiro atoms. The maximum Gasteiger partial charge on any atom is 0.187 e. The molecule has 310 valence electrons. The fourth-order valence-electron chi connectivity index (χ4n) is 11.4. The first-order chi connectivity index (χ1) is 33.2. The molecular weight excluding hydrogens is 813 g/mol. The number of para-hydroxylation sites is 2. The minimum Gasteiger partial charge on any atom is -0.311 e. The molecule has 11 aromatic rings. The minimum absolute atomic E-state index is 0.610. The first-order valence-corrected chi connectivity index (χ1v) is 22.6. The number of hydrogen-bond donors (Lipinski definition) is 0. The van der Waals surface area contributed by atoms with Crippen molar-refractivity contribution < 1.29 is 0 Å². The van der Waals surface area contributed by atoms with Gasteiger partial charge >= 0.3 is 0 Å². The van der Waals surface area contributed by atoms with Gasteiger partial charge in [-0.15, -0.1) is 0 Å². The molecule has 2 aliphatic rings. The summed E-state index contributed by atoms with van der Waals surface area (Å²) in [6, 6.07) is 84.7. The number of hydrogen-bond acceptors (Lipinski definition) is 3. The summed E-state index contributed by atoms with van der Waals surface area (Å²) in [5, 5.41) is 16.9. The van der Waals surface area contributed by atoms with E-state index in [1.54, 1.807) is 0 Å². The van der Waals surface area contributed by atoms with Crippen molar-refractivity contribution in [1.82, 2.24) is 0 Å². The van der Waals surface area contributed by atoms with Gasteiger partial charge in [0, 0.05) is 33.8 Å². The zero-order valence-electron chi connectivity index (χ0n) is 36.2. The summed E-state index contributed by atoms with van der Waals surface area (Å²) in [4.78, 5) is 8.34. The lowest BCUT2D eigenvalue weighted by atomic mass is 9.68. The van der Waals surface area contributed by atoms with Gasteiger partial charge in [0.25, 0.3) is 0 Å². The maximum absolute atomic E-state index is 9.83. The van der Waals surface area contributed by atoms with Crippen LogP contribution in [0.5, 0.6) is 0 Å². The highest BCUT2D eigenvalue weighted by Gasteiger charge is 2.54. The number of benzene rings is 11. The zero-order chi connectivity index (χ0) is 44.6. The van der Waals surface area contributed by atoms with E-state index in [0.717, 1.165) is 39.5 Å². The van der Waals surface area contributed by atoms with Crippen molar-refractivity contribution in [2.24, 2.45) is 0 Å². The molecule has 0 bridgehead atoms. The minimum atomic E-state index is -0.666. The van der Waals surface area contributed by atoms with E-state index in [0.29, 0.717) is 11.3 Å². The topological polar surface area (TPSA) is 34.6 Å². The molecule has 0 amide bonds. The first kappa shape index (κ1) is 38.3. The van der Waals surface area contributed by atoms with Gasteiger partial charge in [-0.3, -0.25) is 0 Å². The molecule has 0 aliphatic heterocycles. The number of anilines is 6. The van der Waals surface area contributed by atoms with Crippen LogP contribution in [0, 0.1) is 17.9 Å². The lowest BCUT2D eigenvalue weighted by Gasteiger charge is -2.34. The predicted molar refractivity (Wildman–Crippen MR) is 276 cm³/mol. The monoisotopic (exact) mass is 850 g/mol. The number of fused-ring (bicyclic) bond motifs is 17. The summed E-state index contributed by atoms with van der Waals surface area (Å²) in [5.41, 5.74) is 16.8. The van der Waals surface area contributed by atoms with Crippen LogP contribution in [0.3, 0.4) is 0 Å². The Hall–Kier alpha value is -9.22. The van der Waals surface area contributed by atoms with Gasteiger partial charge in [0.1, 0.15) is 0 Å². The summed E-state index contributed by atoms with van der Waals surface area (Å²) < 4.78 is 0. The maximum atomic E-state index is 9.83. The van der Waals surface area contributed by atoms with Crippen molar-refractivity contribution in [3.8, 4) is 28.3 Å². The van der Waals surface area contributed by atoms with E-state index in [4.69, 9.17) is 6.57 Å². The molecule has 13 rings (SSSR count). The predicted octanol–water partition coefficient (Wildman–Crippen LogP) is 16.9. The molecule has 0 aromatic heterocycles. The summed E-state index contributed by atoms with van der Waals surface area (Å²) in [6.07, 6.45) is 0. The Kier molecular flexibility index (Phi) is 8.52. The first-order valence-electron chi connectivity index (χ1n) is 22.6. The summed E-state index contributed by atoms with van der Waals surface area (Å²) in [6.45, 7) is 7.65. The van der Waals surface area contributed by atoms with Gasteiger partial charge in [0.2, 0.25) is 0 Å². The molecule has 0 fully saturated rings. The van der Waals surface area contributed by atoms with Crippen LogP contribution in [0.4, 0.5) is 39.8 Å². The average molecular weight is 851 g/mol. The normalized spacial score (nSPS) is 12.6. The van der Waals surface area contributed by atoms with Crippen molar-refractivity contribution >= 4 is 72.1 Å². The Morgan fingerprint density at radius 2 is 0.881 bits per heavy atom. The molecule has 67 heavy (non-hydrogen) atoms. The number of rotatable bonds is 6. The van der Waals surface area contributed by atoms with Gasteiger partial charge in [-0.2, -0.15) is 5.26 Å². The van der Waals surface area contributed by atoms with Crippen molar-refractivity contribution in [2.45, 2.75) is 5.41 Å². The molecule has 0 saturated carbocycles. The fourth-order valence-corrected chi connectivity index (χ4v) is 11.4. The van der Waals surface area contributed by atoms with Crippen LogP contribution in [0.1, 0.15) is 27.8 Å². The second-order valence-corrected chi connectivity index (χ2v) is 17.4. The second kappa shape index (κ2) is 14.9. The summed E-state index contributed by atoms with van der Waals surface area (Å²) in [7, 11) is 0. The Balaban J connectivity index is 1.18. The third-order valence-corrected chi connectivity index (χ3v) is 14.0. The van der Waals surface area contributed by atoms with E-state index in [2.05, 4.69) is 209 Å². The van der Waals surface area contributed by atoms with E-state index < -0.39 is 5.41 Å². The van der Waals surface area contributed by atoms with E-state index in [9.17, 15) is 5.26 Å². The van der Waals surface area contributed by atoms with E-state index in [-0.39, 0.29) is 0 Å². The molecule has 4 heteroatoms. The van der Waals surface area contributed by atoms with Gasteiger partial charge in [-0.1, -0.05) is 152 Å². The smallest absolute Gasteiger partial charge is 0.187 e. The number of nitrogens with zero attached hydrogens (tertiary/aromatic N) is 4. The molecule has 0 saturated heterocycles. The molecule has 0 atom stereocenters. The van der Waals surface area contributed by atoms with E-state index in [1.165, 1.54) is 71.4 Å². The largest absolute Gasteiger partial charge is 0.311 e. The second-order valence-electron chi connectivity index (χ2n) is 17.4. The van der Waals surface area contributed by atoms with Crippen LogP contribution in [-0.4, -0.2) is 0 Å². The molecule has 4 nitrogen and oxygen atoms in total. The Labute approximate surface area is 388 Å². The summed E-state index contributed by atoms with van der Waals surface area (Å²) >= 11 is 0. The van der Waals surface area contributed by atoms with Crippen molar-refractivity contribution in [1.29, 1.82) is 5.26 Å². The van der Waals surface area contributed by atoms with Crippen LogP contribution in [-0.2, 0) is 5.41 Å². The lowest BCUT2D eigenvalue weighted by Crippen LogP contribution is -2.26. The van der Waals surface area contributed by atoms with Crippen molar-refractivity contribution in [3.05, 3.63) is 270 Å². The van der Waals surface area contributed by atoms with Crippen molar-refractivity contribution in [2.75, 3.05) is 9.80 Å². The molecular formula is C63H38N4. The third-order valence-electron chi connectivity index (χ3n) is 14.0. The number of nitriles is 1. The van der Waals surface area contributed by atoms with Gasteiger partial charge in [0.15, 0.2) is 5.69 Å². The Bertz CT molecular complexity index is 3830. The van der Waals surface area contributed by atoms with Gasteiger partial charge < -0.3 is 9.80 Å². The third kappa shape index (κ3) is 5.51. The van der Waals surface area contributed by atoms with Gasteiger partial charge in [-0.05, 0) is 150 Å². The highest BCUT2D eigenvalue weighted by Crippen LogP contribution is 2.67. The van der Waals surface area contributed by atoms with Crippen molar-refractivity contribution in [3.63, 3.8) is 0 Å². The van der Waals surface area contributed by atoms with E-state index in [1.807, 2.05) is 42.5 Å². The fraction of sp³-hybridized carbons (Fsp3) is 0.0159. The molecule has 11 aromatic carbocycles. The Morgan fingerprint density at radius 1 is 0.388 bits per heavy atom. The van der Waals surface area contributed by atoms with Crippen LogP contribution >= 0.6 is 0 Å². The lowest BCUT2D eigenvalue weighted by molar-refractivity contribution is 0.809. The quantitative estimate of drug-likeness (QED) is 0.123.